The van der Waals surface area contributed by atoms with Gasteiger partial charge in [-0.2, -0.15) is 0 Å². The third-order valence-corrected chi connectivity index (χ3v) is 3.30. The smallest absolute Gasteiger partial charge is 0.405 e. The number of primary amides is 1. The highest BCUT2D eigenvalue weighted by Crippen LogP contribution is 2.40. The van der Waals surface area contributed by atoms with Crippen molar-refractivity contribution in [2.75, 3.05) is 19.7 Å². The van der Waals surface area contributed by atoms with Crippen molar-refractivity contribution in [3.05, 3.63) is 35.9 Å². The average molecular weight is 264 g/mol. The van der Waals surface area contributed by atoms with Crippen molar-refractivity contribution in [3.8, 4) is 0 Å². The van der Waals surface area contributed by atoms with Gasteiger partial charge in [-0.1, -0.05) is 30.3 Å². The molecule has 0 saturated heterocycles. The fraction of sp³-hybridized carbons (Fsp3) is 0.500. The van der Waals surface area contributed by atoms with Crippen LogP contribution < -0.4 is 5.73 Å². The van der Waals surface area contributed by atoms with Crippen molar-refractivity contribution >= 4 is 6.09 Å². The molecule has 3 N–H and O–H groups in total. The molecule has 0 aromatic heterocycles. The van der Waals surface area contributed by atoms with Gasteiger partial charge in [0.05, 0.1) is 6.61 Å². The molecule has 1 aliphatic carbocycles. The predicted octanol–water partition coefficient (Wildman–Crippen LogP) is 1.11. The molecular formula is C14H20N2O3. The molecular weight excluding hydrogens is 244 g/mol. The fourth-order valence-electron chi connectivity index (χ4n) is 2.25. The Hall–Kier alpha value is -1.59. The topological polar surface area (TPSA) is 75.8 Å². The van der Waals surface area contributed by atoms with Gasteiger partial charge in [0, 0.05) is 19.6 Å². The SMILES string of the molecule is NC(=O)OC1(CN(CCO)Cc2ccccc2)CC1. The molecule has 0 bridgehead atoms. The lowest BCUT2D eigenvalue weighted by Crippen LogP contribution is -2.39. The normalized spacial score (nSPS) is 16.3. The van der Waals surface area contributed by atoms with Crippen LogP contribution in [0.5, 0.6) is 0 Å². The molecule has 1 amide bonds. The van der Waals surface area contributed by atoms with Crippen molar-refractivity contribution in [2.24, 2.45) is 5.73 Å². The Labute approximate surface area is 113 Å². The van der Waals surface area contributed by atoms with Gasteiger partial charge in [0.1, 0.15) is 5.60 Å². The van der Waals surface area contributed by atoms with Gasteiger partial charge in [-0.15, -0.1) is 0 Å². The first-order chi connectivity index (χ1) is 9.13. The van der Waals surface area contributed by atoms with Crippen molar-refractivity contribution in [3.63, 3.8) is 0 Å². The Kier molecular flexibility index (Phi) is 4.39. The van der Waals surface area contributed by atoms with Crippen LogP contribution in [0.2, 0.25) is 0 Å². The Balaban J connectivity index is 1.95. The van der Waals surface area contributed by atoms with E-state index in [0.29, 0.717) is 13.1 Å². The quantitative estimate of drug-likeness (QED) is 0.773. The number of hydrogen-bond acceptors (Lipinski definition) is 4. The molecule has 5 heteroatoms. The summed E-state index contributed by atoms with van der Waals surface area (Å²) >= 11 is 0. The number of aliphatic hydroxyl groups excluding tert-OH is 1. The predicted molar refractivity (Wildman–Crippen MR) is 71.4 cm³/mol. The monoisotopic (exact) mass is 264 g/mol. The molecule has 0 heterocycles. The maximum atomic E-state index is 10.9. The number of amides is 1. The van der Waals surface area contributed by atoms with Gasteiger partial charge in [-0.25, -0.2) is 4.79 Å². The number of nitrogens with two attached hydrogens (primary N) is 1. The van der Waals surface area contributed by atoms with Gasteiger partial charge >= 0.3 is 6.09 Å². The second-order valence-corrected chi connectivity index (χ2v) is 5.02. The Morgan fingerprint density at radius 1 is 1.37 bits per heavy atom. The highest BCUT2D eigenvalue weighted by molar-refractivity contribution is 5.65. The zero-order valence-corrected chi connectivity index (χ0v) is 10.9. The first-order valence-corrected chi connectivity index (χ1v) is 6.49. The summed E-state index contributed by atoms with van der Waals surface area (Å²) in [6.07, 6.45) is 0.959. The summed E-state index contributed by atoms with van der Waals surface area (Å²) in [5.41, 5.74) is 5.83. The van der Waals surface area contributed by atoms with Gasteiger partial charge in [-0.05, 0) is 18.4 Å². The molecule has 1 aromatic carbocycles. The molecule has 0 aliphatic heterocycles. The van der Waals surface area contributed by atoms with E-state index >= 15 is 0 Å². The number of rotatable bonds is 7. The molecule has 1 saturated carbocycles. The summed E-state index contributed by atoms with van der Waals surface area (Å²) in [5.74, 6) is 0. The van der Waals surface area contributed by atoms with Gasteiger partial charge < -0.3 is 15.6 Å². The summed E-state index contributed by atoms with van der Waals surface area (Å²) in [6, 6.07) is 10.0. The van der Waals surface area contributed by atoms with Crippen molar-refractivity contribution in [2.45, 2.75) is 25.0 Å². The van der Waals surface area contributed by atoms with Crippen LogP contribution in [0.3, 0.4) is 0 Å². The van der Waals surface area contributed by atoms with Crippen LogP contribution in [-0.2, 0) is 11.3 Å². The van der Waals surface area contributed by atoms with Gasteiger partial charge in [0.2, 0.25) is 0 Å². The van der Waals surface area contributed by atoms with E-state index in [4.69, 9.17) is 15.6 Å². The largest absolute Gasteiger partial charge is 0.442 e. The molecule has 0 spiro atoms. The summed E-state index contributed by atoms with van der Waals surface area (Å²) < 4.78 is 5.18. The molecule has 1 aliphatic rings. The van der Waals surface area contributed by atoms with Crippen molar-refractivity contribution < 1.29 is 14.6 Å². The summed E-state index contributed by atoms with van der Waals surface area (Å²) in [7, 11) is 0. The molecule has 0 radical (unpaired) electrons. The van der Waals surface area contributed by atoms with Gasteiger partial charge in [0.15, 0.2) is 0 Å². The van der Waals surface area contributed by atoms with Gasteiger partial charge in [-0.3, -0.25) is 4.90 Å². The highest BCUT2D eigenvalue weighted by Gasteiger charge is 2.47. The summed E-state index contributed by atoms with van der Waals surface area (Å²) in [6.45, 7) is 1.98. The minimum atomic E-state index is -0.721. The number of aliphatic hydroxyl groups is 1. The maximum Gasteiger partial charge on any atom is 0.405 e. The van der Waals surface area contributed by atoms with E-state index in [1.165, 1.54) is 5.56 Å². The van der Waals surface area contributed by atoms with Crippen LogP contribution in [0.4, 0.5) is 4.79 Å². The van der Waals surface area contributed by atoms with E-state index < -0.39 is 11.7 Å². The van der Waals surface area contributed by atoms with Crippen LogP contribution >= 0.6 is 0 Å². The third-order valence-electron chi connectivity index (χ3n) is 3.30. The number of ether oxygens (including phenoxy) is 1. The van der Waals surface area contributed by atoms with E-state index in [2.05, 4.69) is 4.90 Å². The molecule has 1 aromatic rings. The van der Waals surface area contributed by atoms with Crippen LogP contribution in [0.1, 0.15) is 18.4 Å². The second kappa shape index (κ2) is 6.04. The van der Waals surface area contributed by atoms with Crippen molar-refractivity contribution in [1.29, 1.82) is 0 Å². The van der Waals surface area contributed by atoms with E-state index in [-0.39, 0.29) is 6.61 Å². The van der Waals surface area contributed by atoms with E-state index in [1.807, 2.05) is 30.3 Å². The lowest BCUT2D eigenvalue weighted by atomic mass is 10.2. The zero-order chi connectivity index (χ0) is 13.7. The minimum Gasteiger partial charge on any atom is -0.442 e. The molecule has 104 valence electrons. The molecule has 5 nitrogen and oxygen atoms in total. The summed E-state index contributed by atoms with van der Waals surface area (Å²) in [5, 5.41) is 9.14. The Morgan fingerprint density at radius 3 is 2.58 bits per heavy atom. The first-order valence-electron chi connectivity index (χ1n) is 6.49. The van der Waals surface area contributed by atoms with Crippen LogP contribution in [-0.4, -0.2) is 41.4 Å². The number of hydrogen-bond donors (Lipinski definition) is 2. The standard InChI is InChI=1S/C14H20N2O3/c15-13(18)19-14(6-7-14)11-16(8-9-17)10-12-4-2-1-3-5-12/h1-5,17H,6-11H2,(H2,15,18). The number of benzene rings is 1. The molecule has 19 heavy (non-hydrogen) atoms. The third kappa shape index (κ3) is 4.22. The van der Waals surface area contributed by atoms with E-state index in [1.54, 1.807) is 0 Å². The molecule has 0 unspecified atom stereocenters. The number of carbonyl (C=O) groups is 1. The van der Waals surface area contributed by atoms with Crippen LogP contribution in [0.15, 0.2) is 30.3 Å². The number of nitrogens with zero attached hydrogens (tertiary/aromatic N) is 1. The second-order valence-electron chi connectivity index (χ2n) is 5.02. The minimum absolute atomic E-state index is 0.0828. The first kappa shape index (κ1) is 13.8. The Morgan fingerprint density at radius 2 is 2.05 bits per heavy atom. The van der Waals surface area contributed by atoms with Crippen molar-refractivity contribution in [1.82, 2.24) is 4.90 Å². The Bertz CT molecular complexity index is 418. The average Bonchev–Trinajstić information content (AvgIpc) is 3.09. The maximum absolute atomic E-state index is 10.9. The zero-order valence-electron chi connectivity index (χ0n) is 10.9. The van der Waals surface area contributed by atoms with Gasteiger partial charge in [0.25, 0.3) is 0 Å². The molecule has 1 fully saturated rings. The molecule has 0 atom stereocenters. The van der Waals surface area contributed by atoms with Crippen LogP contribution in [0, 0.1) is 0 Å². The summed E-state index contributed by atoms with van der Waals surface area (Å²) in [4.78, 5) is 13.0. The lowest BCUT2D eigenvalue weighted by molar-refractivity contribution is 0.0524. The fourth-order valence-corrected chi connectivity index (χ4v) is 2.25. The highest BCUT2D eigenvalue weighted by atomic mass is 16.6. The van der Waals surface area contributed by atoms with E-state index in [0.717, 1.165) is 19.4 Å². The number of carbonyl (C=O) groups excluding carboxylic acids is 1. The molecule has 2 rings (SSSR count). The van der Waals surface area contributed by atoms with E-state index in [9.17, 15) is 4.79 Å². The lowest BCUT2D eigenvalue weighted by Gasteiger charge is -2.26. The van der Waals surface area contributed by atoms with Crippen LogP contribution in [0.25, 0.3) is 0 Å².